The number of halogens is 3. The summed E-state index contributed by atoms with van der Waals surface area (Å²) in [6.45, 7) is 5.18. The average molecular weight is 869 g/mol. The first-order valence-corrected chi connectivity index (χ1v) is 22.2. The largest absolute Gasteiger partial charge is 0.480 e. The van der Waals surface area contributed by atoms with E-state index in [-0.39, 0.29) is 29.2 Å². The minimum absolute atomic E-state index is 0.104. The van der Waals surface area contributed by atoms with Crippen molar-refractivity contribution < 1.29 is 23.1 Å². The Morgan fingerprint density at radius 1 is 0.935 bits per heavy atom. The summed E-state index contributed by atoms with van der Waals surface area (Å²) in [7, 11) is 3.53. The zero-order valence-electron chi connectivity index (χ0n) is 35.1. The van der Waals surface area contributed by atoms with Crippen molar-refractivity contribution in [1.29, 1.82) is 0 Å². The molecule has 5 aromatic rings. The summed E-state index contributed by atoms with van der Waals surface area (Å²) in [6.07, 6.45) is 7.97. The fourth-order valence-electron chi connectivity index (χ4n) is 10.3. The number of benzene rings is 2. The van der Waals surface area contributed by atoms with Crippen LogP contribution in [0.2, 0.25) is 5.02 Å². The highest BCUT2D eigenvalue weighted by Crippen LogP contribution is 2.46. The number of nitrogens with zero attached hydrogens (tertiary/aromatic N) is 7. The number of aryl methyl sites for hydroxylation is 2. The van der Waals surface area contributed by atoms with Gasteiger partial charge in [-0.05, 0) is 113 Å². The number of fused-ring (bicyclic) bond motifs is 4. The molecular formula is C45H51ClF2N10O4. The minimum atomic E-state index is -3.13. The highest BCUT2D eigenvalue weighted by atomic mass is 35.5. The maximum atomic E-state index is 15.2. The van der Waals surface area contributed by atoms with Crippen molar-refractivity contribution >= 4 is 68.4 Å². The molecule has 3 N–H and O–H groups in total. The minimum Gasteiger partial charge on any atom is -0.480 e. The Bertz CT molecular complexity index is 2650. The van der Waals surface area contributed by atoms with E-state index in [1.165, 1.54) is 10.1 Å². The second kappa shape index (κ2) is 15.8. The summed E-state index contributed by atoms with van der Waals surface area (Å²) in [4.78, 5) is 51.9. The molecule has 3 aromatic heterocycles. The zero-order chi connectivity index (χ0) is 43.0. The lowest BCUT2D eigenvalue weighted by Gasteiger charge is -2.42. The summed E-state index contributed by atoms with van der Waals surface area (Å²) < 4.78 is 39.2. The first kappa shape index (κ1) is 40.7. The number of alkyl halides is 2. The highest BCUT2D eigenvalue weighted by molar-refractivity contribution is 6.33. The van der Waals surface area contributed by atoms with Gasteiger partial charge in [-0.3, -0.25) is 24.4 Å². The number of nitrogens with one attached hydrogen (secondary N) is 3. The van der Waals surface area contributed by atoms with Crippen LogP contribution >= 0.6 is 11.6 Å². The Balaban J connectivity index is 0.776. The second-order valence-corrected chi connectivity index (χ2v) is 18.4. The van der Waals surface area contributed by atoms with Gasteiger partial charge in [0.2, 0.25) is 23.5 Å². The lowest BCUT2D eigenvalue weighted by Crippen LogP contribution is -2.47. The van der Waals surface area contributed by atoms with E-state index in [9.17, 15) is 14.4 Å². The third-order valence-corrected chi connectivity index (χ3v) is 14.4. The van der Waals surface area contributed by atoms with Gasteiger partial charge in [-0.2, -0.15) is 10.1 Å². The molecule has 326 valence electrons. The Hall–Kier alpha value is -5.35. The fraction of sp³-hybridized carbons (Fsp3) is 0.511. The van der Waals surface area contributed by atoms with Gasteiger partial charge in [0.25, 0.3) is 5.56 Å². The molecule has 4 aliphatic heterocycles. The van der Waals surface area contributed by atoms with Gasteiger partial charge in [0.05, 0.1) is 40.6 Å². The van der Waals surface area contributed by atoms with Crippen molar-refractivity contribution in [1.82, 2.24) is 34.5 Å². The van der Waals surface area contributed by atoms with Crippen LogP contribution < -0.4 is 31.1 Å². The Morgan fingerprint density at radius 2 is 1.71 bits per heavy atom. The third kappa shape index (κ3) is 7.41. The quantitative estimate of drug-likeness (QED) is 0.141. The van der Waals surface area contributed by atoms with Crippen molar-refractivity contribution in [2.45, 2.75) is 88.1 Å². The van der Waals surface area contributed by atoms with Crippen molar-refractivity contribution in [2.75, 3.05) is 48.3 Å². The SMILES string of the molecule is C[C@H](C1CCN(c2ncc(Cl)c(Nc3ccc4c(c3)c3c(c(=O)n4C)OCC(F)(F)[C@H](C4CC4)N3)n2)CC1)N1CCC(c2ccc3c(C4CCC(=O)NC4=O)nn(C)c3c2)CC1. The maximum absolute atomic E-state index is 15.2. The molecule has 17 heteroatoms. The molecule has 62 heavy (non-hydrogen) atoms. The van der Waals surface area contributed by atoms with Crippen molar-refractivity contribution in [3.05, 3.63) is 69.2 Å². The van der Waals surface area contributed by atoms with E-state index in [1.54, 1.807) is 19.3 Å². The molecule has 3 saturated heterocycles. The monoisotopic (exact) mass is 868 g/mol. The number of piperidine rings is 3. The molecule has 2 amide bonds. The standard InChI is InChI=1S/C45H51ClF2N10O4/c1-24(57-16-14-26(15-17-57)28-6-8-30-35(20-28)56(3)54-37(30)31-9-11-36(59)51-42(31)60)25-12-18-58(19-13-25)44-49-22-33(46)41(53-44)50-29-7-10-34-32(21-29)38-39(43(61)55(34)2)62-23-45(47,48)40(52-38)27-4-5-27/h6-8,10,20-22,24-27,31,40,52H,4-5,9,11-19,23H2,1-3H3,(H,49,50,53)(H,51,59,60)/t24-,31?,40+/m1/s1. The lowest BCUT2D eigenvalue weighted by molar-refractivity contribution is -0.134. The molecule has 1 aliphatic carbocycles. The first-order valence-electron chi connectivity index (χ1n) is 21.9. The van der Waals surface area contributed by atoms with E-state index < -0.39 is 30.0 Å². The number of amides is 2. The van der Waals surface area contributed by atoms with Crippen LogP contribution in [0.15, 0.2) is 47.4 Å². The molecule has 1 unspecified atom stereocenters. The number of carbonyl (C=O) groups is 2. The van der Waals surface area contributed by atoms with E-state index in [4.69, 9.17) is 26.4 Å². The van der Waals surface area contributed by atoms with Gasteiger partial charge in [-0.15, -0.1) is 0 Å². The van der Waals surface area contributed by atoms with Crippen LogP contribution in [0.3, 0.4) is 0 Å². The van der Waals surface area contributed by atoms with E-state index in [1.807, 2.05) is 23.9 Å². The van der Waals surface area contributed by atoms with E-state index in [2.05, 4.69) is 55.9 Å². The van der Waals surface area contributed by atoms with Crippen LogP contribution in [0.25, 0.3) is 21.8 Å². The van der Waals surface area contributed by atoms with Crippen molar-refractivity contribution in [3.63, 3.8) is 0 Å². The first-order chi connectivity index (χ1) is 29.8. The van der Waals surface area contributed by atoms with Crippen LogP contribution in [-0.2, 0) is 23.7 Å². The van der Waals surface area contributed by atoms with Crippen LogP contribution in [0, 0.1) is 11.8 Å². The fourth-order valence-corrected chi connectivity index (χ4v) is 10.4. The summed E-state index contributed by atoms with van der Waals surface area (Å²) in [5.74, 6) is -2.33. The van der Waals surface area contributed by atoms with Crippen LogP contribution in [-0.4, -0.2) is 91.8 Å². The third-order valence-electron chi connectivity index (χ3n) is 14.2. The van der Waals surface area contributed by atoms with Gasteiger partial charge in [-0.25, -0.2) is 13.8 Å². The van der Waals surface area contributed by atoms with Crippen LogP contribution in [0.1, 0.15) is 81.4 Å². The van der Waals surface area contributed by atoms with Gasteiger partial charge < -0.3 is 29.7 Å². The predicted molar refractivity (Wildman–Crippen MR) is 234 cm³/mol. The Labute approximate surface area is 362 Å². The Kier molecular flexibility index (Phi) is 10.4. The summed E-state index contributed by atoms with van der Waals surface area (Å²) in [6, 6.07) is 11.3. The van der Waals surface area contributed by atoms with E-state index in [0.717, 1.165) is 68.5 Å². The van der Waals surface area contributed by atoms with Gasteiger partial charge in [0, 0.05) is 56.1 Å². The van der Waals surface area contributed by atoms with E-state index >= 15 is 8.78 Å². The number of aromatic nitrogens is 5. The number of hydrogen-bond acceptors (Lipinski definition) is 11. The normalized spacial score (nSPS) is 23.1. The second-order valence-electron chi connectivity index (χ2n) is 18.0. The molecule has 3 atom stereocenters. The van der Waals surface area contributed by atoms with Gasteiger partial charge in [0.1, 0.15) is 5.02 Å². The number of imide groups is 1. The molecule has 0 radical (unpaired) electrons. The number of likely N-dealkylation sites (tertiary alicyclic amines) is 1. The van der Waals surface area contributed by atoms with Gasteiger partial charge >= 0.3 is 5.92 Å². The number of ether oxygens (including phenoxy) is 1. The molecular weight excluding hydrogens is 818 g/mol. The number of carbonyl (C=O) groups excluding carboxylic acids is 2. The topological polar surface area (TPSA) is 152 Å². The average Bonchev–Trinajstić information content (AvgIpc) is 4.08. The smallest absolute Gasteiger partial charge is 0.301 e. The maximum Gasteiger partial charge on any atom is 0.301 e. The molecule has 7 heterocycles. The van der Waals surface area contributed by atoms with Gasteiger partial charge in [-0.1, -0.05) is 23.7 Å². The molecule has 2 aromatic carbocycles. The molecule has 0 bridgehead atoms. The lowest BCUT2D eigenvalue weighted by atomic mass is 9.85. The summed E-state index contributed by atoms with van der Waals surface area (Å²) >= 11 is 6.65. The molecule has 5 aliphatic rings. The zero-order valence-corrected chi connectivity index (χ0v) is 35.9. The van der Waals surface area contributed by atoms with Crippen molar-refractivity contribution in [2.24, 2.45) is 25.9 Å². The predicted octanol–water partition coefficient (Wildman–Crippen LogP) is 6.84. The molecule has 4 fully saturated rings. The highest BCUT2D eigenvalue weighted by Gasteiger charge is 2.51. The number of pyridine rings is 1. The number of hydrogen-bond donors (Lipinski definition) is 3. The summed E-state index contributed by atoms with van der Waals surface area (Å²) in [5, 5.41) is 15.5. The van der Waals surface area contributed by atoms with Crippen LogP contribution in [0.5, 0.6) is 5.75 Å². The summed E-state index contributed by atoms with van der Waals surface area (Å²) in [5.41, 5.74) is 4.07. The number of rotatable bonds is 8. The van der Waals surface area contributed by atoms with Crippen molar-refractivity contribution in [3.8, 4) is 5.75 Å². The van der Waals surface area contributed by atoms with Gasteiger partial charge in [0.15, 0.2) is 12.4 Å². The molecule has 0 spiro atoms. The van der Waals surface area contributed by atoms with E-state index in [0.29, 0.717) is 76.9 Å². The molecule has 1 saturated carbocycles. The molecule has 14 nitrogen and oxygen atoms in total. The molecule has 10 rings (SSSR count). The number of anilines is 4. The Morgan fingerprint density at radius 3 is 2.45 bits per heavy atom. The van der Waals surface area contributed by atoms with Crippen LogP contribution in [0.4, 0.5) is 31.9 Å².